The standard InChI is InChI=1S/C21H34O3/c1-12(22)16-6-7-17-15-5-4-13-10-14(23)8-9-20(13,2)19(15)18(24)11-21(16,17)3/h12-17,19,22-23H,4-11H2,1-3H3/t12-,13+,14+,15-,16-,17-,19+,20+,21-/m1/s1. The number of Topliss-reactive ketones (excluding diaryl/α,β-unsaturated/α-hetero) is 1. The van der Waals surface area contributed by atoms with E-state index in [1.807, 2.05) is 6.92 Å². The van der Waals surface area contributed by atoms with Gasteiger partial charge in [-0.15, -0.1) is 0 Å². The summed E-state index contributed by atoms with van der Waals surface area (Å²) in [6, 6.07) is 0. The van der Waals surface area contributed by atoms with Gasteiger partial charge in [0.2, 0.25) is 0 Å². The van der Waals surface area contributed by atoms with Crippen LogP contribution in [-0.4, -0.2) is 28.2 Å². The maximum atomic E-state index is 13.3. The zero-order valence-electron chi connectivity index (χ0n) is 15.5. The highest BCUT2D eigenvalue weighted by molar-refractivity contribution is 5.84. The van der Waals surface area contributed by atoms with Crippen LogP contribution in [0, 0.1) is 40.4 Å². The average molecular weight is 335 g/mol. The SMILES string of the molecule is C[C@@H](O)[C@H]1CC[C@@H]2[C@H]3CC[C@H]4C[C@@H](O)CC[C@]4(C)[C@@H]3C(=O)C[C@@]21C. The molecule has 0 radical (unpaired) electrons. The van der Waals surface area contributed by atoms with Crippen LogP contribution < -0.4 is 0 Å². The lowest BCUT2D eigenvalue weighted by molar-refractivity contribution is -0.163. The van der Waals surface area contributed by atoms with E-state index in [2.05, 4.69) is 13.8 Å². The minimum atomic E-state index is -0.305. The number of aliphatic hydroxyl groups excluding tert-OH is 2. The summed E-state index contributed by atoms with van der Waals surface area (Å²) < 4.78 is 0. The molecule has 4 fully saturated rings. The van der Waals surface area contributed by atoms with E-state index in [1.54, 1.807) is 0 Å². The van der Waals surface area contributed by atoms with Crippen LogP contribution >= 0.6 is 0 Å². The van der Waals surface area contributed by atoms with Crippen molar-refractivity contribution in [2.24, 2.45) is 40.4 Å². The monoisotopic (exact) mass is 334 g/mol. The number of ketones is 1. The minimum Gasteiger partial charge on any atom is -0.393 e. The molecule has 3 heteroatoms. The Kier molecular flexibility index (Phi) is 3.93. The van der Waals surface area contributed by atoms with E-state index in [4.69, 9.17) is 0 Å². The van der Waals surface area contributed by atoms with Crippen LogP contribution in [0.4, 0.5) is 0 Å². The summed E-state index contributed by atoms with van der Waals surface area (Å²) >= 11 is 0. The summed E-state index contributed by atoms with van der Waals surface area (Å²) in [5, 5.41) is 20.4. The molecule has 0 aromatic heterocycles. The molecule has 4 aliphatic carbocycles. The van der Waals surface area contributed by atoms with Crippen molar-refractivity contribution in [2.75, 3.05) is 0 Å². The molecule has 0 bridgehead atoms. The van der Waals surface area contributed by atoms with Gasteiger partial charge in [0.05, 0.1) is 12.2 Å². The molecule has 0 amide bonds. The molecule has 4 aliphatic rings. The summed E-state index contributed by atoms with van der Waals surface area (Å²) in [5.74, 6) is 2.58. The Morgan fingerprint density at radius 3 is 2.54 bits per heavy atom. The van der Waals surface area contributed by atoms with Gasteiger partial charge in [-0.1, -0.05) is 13.8 Å². The zero-order chi connectivity index (χ0) is 17.3. The maximum Gasteiger partial charge on any atom is 0.137 e. The van der Waals surface area contributed by atoms with E-state index in [0.717, 1.165) is 32.1 Å². The number of carbonyl (C=O) groups is 1. The molecule has 0 aromatic rings. The molecule has 0 unspecified atom stereocenters. The van der Waals surface area contributed by atoms with Gasteiger partial charge in [0.25, 0.3) is 0 Å². The molecule has 0 spiro atoms. The summed E-state index contributed by atoms with van der Waals surface area (Å²) in [6.45, 7) is 6.55. The second-order valence-electron chi connectivity index (χ2n) is 10.0. The van der Waals surface area contributed by atoms with Crippen LogP contribution in [0.25, 0.3) is 0 Å². The van der Waals surface area contributed by atoms with Crippen LogP contribution in [0.5, 0.6) is 0 Å². The predicted molar refractivity (Wildman–Crippen MR) is 93.3 cm³/mol. The Bertz CT molecular complexity index is 529. The third kappa shape index (κ3) is 2.19. The molecule has 0 saturated heterocycles. The van der Waals surface area contributed by atoms with Gasteiger partial charge in [-0.25, -0.2) is 0 Å². The number of rotatable bonds is 1. The molecule has 24 heavy (non-hydrogen) atoms. The lowest BCUT2D eigenvalue weighted by Crippen LogP contribution is -2.58. The molecule has 0 aromatic carbocycles. The number of hydrogen-bond acceptors (Lipinski definition) is 3. The fourth-order valence-electron chi connectivity index (χ4n) is 7.88. The summed E-state index contributed by atoms with van der Waals surface area (Å²) in [5.41, 5.74) is 0.104. The van der Waals surface area contributed by atoms with Crippen LogP contribution in [0.15, 0.2) is 0 Å². The second kappa shape index (κ2) is 5.54. The topological polar surface area (TPSA) is 57.5 Å². The highest BCUT2D eigenvalue weighted by Crippen LogP contribution is 2.66. The Morgan fingerprint density at radius 1 is 1.08 bits per heavy atom. The van der Waals surface area contributed by atoms with Crippen LogP contribution in [0.3, 0.4) is 0 Å². The molecular formula is C21H34O3. The zero-order valence-corrected chi connectivity index (χ0v) is 15.5. The summed E-state index contributed by atoms with van der Waals surface area (Å²) in [7, 11) is 0. The molecule has 136 valence electrons. The van der Waals surface area contributed by atoms with Gasteiger partial charge in [-0.2, -0.15) is 0 Å². The maximum absolute atomic E-state index is 13.3. The number of fused-ring (bicyclic) bond motifs is 5. The van der Waals surface area contributed by atoms with Crippen molar-refractivity contribution in [3.05, 3.63) is 0 Å². The van der Waals surface area contributed by atoms with Gasteiger partial charge < -0.3 is 10.2 Å². The third-order valence-corrected chi connectivity index (χ3v) is 8.98. The average Bonchev–Trinajstić information content (AvgIpc) is 2.84. The van der Waals surface area contributed by atoms with Crippen molar-refractivity contribution in [3.8, 4) is 0 Å². The van der Waals surface area contributed by atoms with E-state index in [9.17, 15) is 15.0 Å². The van der Waals surface area contributed by atoms with Crippen LogP contribution in [-0.2, 0) is 4.79 Å². The van der Waals surface area contributed by atoms with Gasteiger partial charge in [0.15, 0.2) is 0 Å². The van der Waals surface area contributed by atoms with Gasteiger partial charge in [-0.3, -0.25) is 4.79 Å². The van der Waals surface area contributed by atoms with Gasteiger partial charge in [-0.05, 0) is 86.4 Å². The highest BCUT2D eigenvalue weighted by atomic mass is 16.3. The van der Waals surface area contributed by atoms with E-state index in [-0.39, 0.29) is 34.9 Å². The molecule has 0 aliphatic heterocycles. The number of hydrogen-bond donors (Lipinski definition) is 2. The fraction of sp³-hybridized carbons (Fsp3) is 0.952. The largest absolute Gasteiger partial charge is 0.393 e. The van der Waals surface area contributed by atoms with Gasteiger partial charge in [0.1, 0.15) is 5.78 Å². The summed E-state index contributed by atoms with van der Waals surface area (Å²) in [4.78, 5) is 13.3. The van der Waals surface area contributed by atoms with Crippen molar-refractivity contribution in [2.45, 2.75) is 84.3 Å². The van der Waals surface area contributed by atoms with Gasteiger partial charge in [0, 0.05) is 12.3 Å². The van der Waals surface area contributed by atoms with Gasteiger partial charge >= 0.3 is 0 Å². The first-order valence-electron chi connectivity index (χ1n) is 10.2. The first-order chi connectivity index (χ1) is 11.3. The molecule has 0 heterocycles. The Hall–Kier alpha value is -0.410. The normalized spacial score (nSPS) is 55.5. The quantitative estimate of drug-likeness (QED) is 0.771. The van der Waals surface area contributed by atoms with Crippen molar-refractivity contribution in [1.82, 2.24) is 0 Å². The first kappa shape index (κ1) is 17.0. The van der Waals surface area contributed by atoms with E-state index >= 15 is 0 Å². The Morgan fingerprint density at radius 2 is 1.83 bits per heavy atom. The molecule has 2 N–H and O–H groups in total. The van der Waals surface area contributed by atoms with Crippen LogP contribution in [0.1, 0.15) is 72.1 Å². The van der Waals surface area contributed by atoms with E-state index < -0.39 is 0 Å². The molecular weight excluding hydrogens is 300 g/mol. The Labute approximate surface area is 146 Å². The van der Waals surface area contributed by atoms with E-state index in [1.165, 1.54) is 12.8 Å². The minimum absolute atomic E-state index is 0.00376. The highest BCUT2D eigenvalue weighted by Gasteiger charge is 2.63. The smallest absolute Gasteiger partial charge is 0.137 e. The van der Waals surface area contributed by atoms with Crippen molar-refractivity contribution in [1.29, 1.82) is 0 Å². The summed E-state index contributed by atoms with van der Waals surface area (Å²) in [6.07, 6.45) is 7.56. The predicted octanol–water partition coefficient (Wildman–Crippen LogP) is 3.57. The lowest BCUT2D eigenvalue weighted by atomic mass is 9.44. The molecule has 9 atom stereocenters. The lowest BCUT2D eigenvalue weighted by Gasteiger charge is -2.60. The number of carbonyl (C=O) groups excluding carboxylic acids is 1. The van der Waals surface area contributed by atoms with Crippen LogP contribution in [0.2, 0.25) is 0 Å². The fourth-order valence-corrected chi connectivity index (χ4v) is 7.88. The third-order valence-electron chi connectivity index (χ3n) is 8.98. The van der Waals surface area contributed by atoms with Crippen molar-refractivity contribution < 1.29 is 15.0 Å². The second-order valence-corrected chi connectivity index (χ2v) is 10.0. The first-order valence-corrected chi connectivity index (χ1v) is 10.2. The van der Waals surface area contributed by atoms with Crippen molar-refractivity contribution >= 4 is 5.78 Å². The Balaban J connectivity index is 1.67. The van der Waals surface area contributed by atoms with E-state index in [0.29, 0.717) is 30.0 Å². The number of aliphatic hydroxyl groups is 2. The molecule has 4 saturated carbocycles. The molecule has 3 nitrogen and oxygen atoms in total. The molecule has 4 rings (SSSR count). The van der Waals surface area contributed by atoms with Crippen molar-refractivity contribution in [3.63, 3.8) is 0 Å².